The molecule has 5 nitrogen and oxygen atoms in total. The van der Waals surface area contributed by atoms with E-state index in [1.807, 2.05) is 4.90 Å². The number of aryl methyl sites for hydroxylation is 2. The number of ether oxygens (including phenoxy) is 1. The van der Waals surface area contributed by atoms with Crippen LogP contribution in [0.5, 0.6) is 5.75 Å². The van der Waals surface area contributed by atoms with Crippen LogP contribution in [0.15, 0.2) is 28.7 Å². The summed E-state index contributed by atoms with van der Waals surface area (Å²) in [6, 6.07) is 5.98. The largest absolute Gasteiger partial charge is 0.493 e. The number of piperidine rings is 1. The number of aromatic nitrogens is 1. The minimum absolute atomic E-state index is 0.0872. The van der Waals surface area contributed by atoms with E-state index in [1.165, 1.54) is 12.1 Å². The Labute approximate surface area is 140 Å². The van der Waals surface area contributed by atoms with Gasteiger partial charge in [-0.05, 0) is 44.0 Å². The Bertz CT molecular complexity index is 712. The Balaban J connectivity index is 1.58. The van der Waals surface area contributed by atoms with Crippen LogP contribution >= 0.6 is 0 Å². The SMILES string of the molecule is Cc1nc(C(=O)N2CCCC(COc3ccc(F)cc3)C2)c(C)o1. The summed E-state index contributed by atoms with van der Waals surface area (Å²) in [4.78, 5) is 18.6. The minimum atomic E-state index is -0.282. The predicted molar refractivity (Wildman–Crippen MR) is 86.5 cm³/mol. The quantitative estimate of drug-likeness (QED) is 0.861. The fourth-order valence-corrected chi connectivity index (χ4v) is 3.01. The highest BCUT2D eigenvalue weighted by molar-refractivity contribution is 5.93. The van der Waals surface area contributed by atoms with Crippen LogP contribution in [-0.4, -0.2) is 35.5 Å². The van der Waals surface area contributed by atoms with Gasteiger partial charge >= 0.3 is 0 Å². The standard InChI is InChI=1S/C18H21FN2O3/c1-12-17(20-13(2)24-12)18(22)21-9-3-4-14(10-21)11-23-16-7-5-15(19)6-8-16/h5-8,14H,3-4,9-11H2,1-2H3. The van der Waals surface area contributed by atoms with E-state index in [9.17, 15) is 9.18 Å². The van der Waals surface area contributed by atoms with E-state index in [1.54, 1.807) is 26.0 Å². The fourth-order valence-electron chi connectivity index (χ4n) is 3.01. The molecule has 1 saturated heterocycles. The molecule has 1 aromatic heterocycles. The molecule has 2 aromatic rings. The Morgan fingerprint density at radius 3 is 2.79 bits per heavy atom. The van der Waals surface area contributed by atoms with Crippen molar-refractivity contribution in [3.8, 4) is 5.75 Å². The lowest BCUT2D eigenvalue weighted by atomic mass is 9.98. The molecule has 1 unspecified atom stereocenters. The molecule has 0 radical (unpaired) electrons. The van der Waals surface area contributed by atoms with Gasteiger partial charge in [-0.15, -0.1) is 0 Å². The Kier molecular flexibility index (Phi) is 4.83. The van der Waals surface area contributed by atoms with Gasteiger partial charge in [-0.1, -0.05) is 0 Å². The number of carbonyl (C=O) groups is 1. The molecule has 128 valence electrons. The van der Waals surface area contributed by atoms with Crippen LogP contribution in [0.1, 0.15) is 35.0 Å². The van der Waals surface area contributed by atoms with Gasteiger partial charge in [-0.3, -0.25) is 4.79 Å². The monoisotopic (exact) mass is 332 g/mol. The fraction of sp³-hybridized carbons (Fsp3) is 0.444. The van der Waals surface area contributed by atoms with Crippen molar-refractivity contribution < 1.29 is 18.3 Å². The molecule has 3 rings (SSSR count). The number of carbonyl (C=O) groups excluding carboxylic acids is 1. The van der Waals surface area contributed by atoms with Crippen molar-refractivity contribution in [1.29, 1.82) is 0 Å². The summed E-state index contributed by atoms with van der Waals surface area (Å²) < 4.78 is 24.0. The molecule has 1 aliphatic rings. The maximum atomic E-state index is 12.9. The zero-order valence-corrected chi connectivity index (χ0v) is 13.9. The minimum Gasteiger partial charge on any atom is -0.493 e. The molecular formula is C18H21FN2O3. The van der Waals surface area contributed by atoms with E-state index in [0.717, 1.165) is 19.4 Å². The average Bonchev–Trinajstić information content (AvgIpc) is 2.92. The van der Waals surface area contributed by atoms with Crippen LogP contribution in [0.25, 0.3) is 0 Å². The second-order valence-corrected chi connectivity index (χ2v) is 6.16. The van der Waals surface area contributed by atoms with E-state index in [-0.39, 0.29) is 17.6 Å². The first-order valence-corrected chi connectivity index (χ1v) is 8.14. The Hall–Kier alpha value is -2.37. The van der Waals surface area contributed by atoms with Gasteiger partial charge in [0.05, 0.1) is 6.61 Å². The average molecular weight is 332 g/mol. The number of rotatable bonds is 4. The second kappa shape index (κ2) is 7.03. The smallest absolute Gasteiger partial charge is 0.276 e. The van der Waals surface area contributed by atoms with Gasteiger partial charge in [0.15, 0.2) is 11.6 Å². The van der Waals surface area contributed by atoms with Crippen LogP contribution in [0.2, 0.25) is 0 Å². The molecule has 6 heteroatoms. The summed E-state index contributed by atoms with van der Waals surface area (Å²) in [5, 5.41) is 0. The molecule has 1 aromatic carbocycles. The molecule has 1 aliphatic heterocycles. The lowest BCUT2D eigenvalue weighted by Crippen LogP contribution is -2.42. The summed E-state index contributed by atoms with van der Waals surface area (Å²) >= 11 is 0. The Morgan fingerprint density at radius 2 is 2.12 bits per heavy atom. The molecule has 24 heavy (non-hydrogen) atoms. The van der Waals surface area contributed by atoms with Gasteiger partial charge in [-0.2, -0.15) is 0 Å². The lowest BCUT2D eigenvalue weighted by Gasteiger charge is -2.32. The van der Waals surface area contributed by atoms with E-state index >= 15 is 0 Å². The molecule has 0 aliphatic carbocycles. The first-order valence-electron chi connectivity index (χ1n) is 8.14. The normalized spacial score (nSPS) is 17.8. The molecule has 2 heterocycles. The molecular weight excluding hydrogens is 311 g/mol. The lowest BCUT2D eigenvalue weighted by molar-refractivity contribution is 0.0626. The highest BCUT2D eigenvalue weighted by atomic mass is 19.1. The number of hydrogen-bond acceptors (Lipinski definition) is 4. The predicted octanol–water partition coefficient (Wildman–Crippen LogP) is 3.36. The summed E-state index contributed by atoms with van der Waals surface area (Å²) in [5.74, 6) is 1.58. The Morgan fingerprint density at radius 1 is 1.38 bits per heavy atom. The van der Waals surface area contributed by atoms with Crippen molar-refractivity contribution in [2.24, 2.45) is 5.92 Å². The second-order valence-electron chi connectivity index (χ2n) is 6.16. The van der Waals surface area contributed by atoms with Gasteiger partial charge in [0.25, 0.3) is 5.91 Å². The third-order valence-corrected chi connectivity index (χ3v) is 4.21. The summed E-state index contributed by atoms with van der Waals surface area (Å²) in [7, 11) is 0. The van der Waals surface area contributed by atoms with Gasteiger partial charge in [0.2, 0.25) is 0 Å². The molecule has 1 amide bonds. The van der Waals surface area contributed by atoms with Crippen molar-refractivity contribution in [1.82, 2.24) is 9.88 Å². The van der Waals surface area contributed by atoms with E-state index in [0.29, 0.717) is 36.2 Å². The highest BCUT2D eigenvalue weighted by Gasteiger charge is 2.28. The van der Waals surface area contributed by atoms with Gasteiger partial charge < -0.3 is 14.1 Å². The number of amides is 1. The number of benzene rings is 1. The van der Waals surface area contributed by atoms with Crippen LogP contribution in [0.4, 0.5) is 4.39 Å². The summed E-state index contributed by atoms with van der Waals surface area (Å²) in [5.41, 5.74) is 0.396. The molecule has 1 atom stereocenters. The number of hydrogen-bond donors (Lipinski definition) is 0. The topological polar surface area (TPSA) is 55.6 Å². The first-order chi connectivity index (χ1) is 11.5. The molecule has 0 saturated carbocycles. The molecule has 0 bridgehead atoms. The molecule has 0 N–H and O–H groups in total. The highest BCUT2D eigenvalue weighted by Crippen LogP contribution is 2.21. The summed E-state index contributed by atoms with van der Waals surface area (Å²) in [6.07, 6.45) is 1.93. The van der Waals surface area contributed by atoms with Crippen LogP contribution in [-0.2, 0) is 0 Å². The maximum absolute atomic E-state index is 12.9. The zero-order valence-electron chi connectivity index (χ0n) is 13.9. The molecule has 1 fully saturated rings. The van der Waals surface area contributed by atoms with Crippen LogP contribution in [0.3, 0.4) is 0 Å². The zero-order chi connectivity index (χ0) is 17.1. The van der Waals surface area contributed by atoms with Gasteiger partial charge in [-0.25, -0.2) is 9.37 Å². The van der Waals surface area contributed by atoms with Crippen LogP contribution in [0, 0.1) is 25.6 Å². The number of halogens is 1. The van der Waals surface area contributed by atoms with Crippen molar-refractivity contribution in [2.45, 2.75) is 26.7 Å². The van der Waals surface area contributed by atoms with Gasteiger partial charge in [0.1, 0.15) is 17.3 Å². The van der Waals surface area contributed by atoms with Crippen LogP contribution < -0.4 is 4.74 Å². The first kappa shape index (κ1) is 16.5. The van der Waals surface area contributed by atoms with E-state index in [2.05, 4.69) is 4.98 Å². The van der Waals surface area contributed by atoms with Crippen molar-refractivity contribution in [3.05, 3.63) is 47.4 Å². The third-order valence-electron chi connectivity index (χ3n) is 4.21. The third kappa shape index (κ3) is 3.75. The van der Waals surface area contributed by atoms with E-state index < -0.39 is 0 Å². The number of likely N-dealkylation sites (tertiary alicyclic amines) is 1. The summed E-state index contributed by atoms with van der Waals surface area (Å²) in [6.45, 7) is 5.35. The number of oxazole rings is 1. The molecule has 0 spiro atoms. The number of nitrogens with zero attached hydrogens (tertiary/aromatic N) is 2. The van der Waals surface area contributed by atoms with Gasteiger partial charge in [0, 0.05) is 25.9 Å². The van der Waals surface area contributed by atoms with Crippen molar-refractivity contribution >= 4 is 5.91 Å². The van der Waals surface area contributed by atoms with E-state index in [4.69, 9.17) is 9.15 Å². The van der Waals surface area contributed by atoms with Crippen molar-refractivity contribution in [3.63, 3.8) is 0 Å². The maximum Gasteiger partial charge on any atom is 0.276 e. The van der Waals surface area contributed by atoms with Crippen molar-refractivity contribution in [2.75, 3.05) is 19.7 Å².